The third kappa shape index (κ3) is 2.84. The molecule has 0 aliphatic heterocycles. The first-order valence-corrected chi connectivity index (χ1v) is 9.71. The number of aromatic amines is 2. The van der Waals surface area contributed by atoms with Crippen molar-refractivity contribution in [3.05, 3.63) is 65.5 Å². The number of aromatic nitrogens is 5. The molecule has 0 bridgehead atoms. The van der Waals surface area contributed by atoms with Crippen LogP contribution in [0.3, 0.4) is 0 Å². The van der Waals surface area contributed by atoms with Crippen molar-refractivity contribution in [1.82, 2.24) is 25.0 Å². The van der Waals surface area contributed by atoms with E-state index in [1.807, 2.05) is 43.5 Å². The standard InChI is InChI=1S/C21H16ClFN6O/c1-2-29-19(14(22)10-25-29)21(30)26-16-8-11(9-17-18(16)20(23)28-27-17)12-4-3-5-15-13(12)6-7-24-15/h3-10,24H,2H2,1H3,(H,26,30)(H,27,28). The average molecular weight is 423 g/mol. The van der Waals surface area contributed by atoms with Crippen LogP contribution < -0.4 is 5.32 Å². The maximum absolute atomic E-state index is 14.4. The van der Waals surface area contributed by atoms with Crippen LogP contribution in [0.15, 0.2) is 48.8 Å². The van der Waals surface area contributed by atoms with E-state index in [2.05, 4.69) is 25.6 Å². The Bertz CT molecular complexity index is 1420. The summed E-state index contributed by atoms with van der Waals surface area (Å²) >= 11 is 6.15. The maximum Gasteiger partial charge on any atom is 0.275 e. The van der Waals surface area contributed by atoms with Gasteiger partial charge in [-0.15, -0.1) is 5.10 Å². The molecule has 0 fully saturated rings. The minimum atomic E-state index is -0.693. The van der Waals surface area contributed by atoms with Crippen LogP contribution in [0.5, 0.6) is 0 Å². The zero-order chi connectivity index (χ0) is 20.8. The number of halogens is 2. The van der Waals surface area contributed by atoms with Crippen LogP contribution >= 0.6 is 11.6 Å². The third-order valence-electron chi connectivity index (χ3n) is 5.08. The molecule has 3 heterocycles. The van der Waals surface area contributed by atoms with Crippen molar-refractivity contribution in [2.75, 3.05) is 5.32 Å². The molecule has 0 atom stereocenters. The Morgan fingerprint density at radius 3 is 2.97 bits per heavy atom. The minimum Gasteiger partial charge on any atom is -0.361 e. The number of rotatable bonds is 4. The Morgan fingerprint density at radius 1 is 1.27 bits per heavy atom. The van der Waals surface area contributed by atoms with Crippen molar-refractivity contribution in [2.24, 2.45) is 0 Å². The molecule has 5 aromatic rings. The number of aryl methyl sites for hydroxylation is 1. The Kier molecular flexibility index (Phi) is 4.29. The summed E-state index contributed by atoms with van der Waals surface area (Å²) < 4.78 is 15.9. The lowest BCUT2D eigenvalue weighted by molar-refractivity contribution is 0.101. The molecule has 30 heavy (non-hydrogen) atoms. The molecule has 0 aliphatic carbocycles. The largest absolute Gasteiger partial charge is 0.361 e. The van der Waals surface area contributed by atoms with E-state index in [4.69, 9.17) is 11.6 Å². The summed E-state index contributed by atoms with van der Waals surface area (Å²) in [4.78, 5) is 16.1. The fraction of sp³-hybridized carbons (Fsp3) is 0.0952. The van der Waals surface area contributed by atoms with Gasteiger partial charge in [0.2, 0.25) is 5.95 Å². The molecule has 7 nitrogen and oxygen atoms in total. The Hall–Kier alpha value is -3.65. The topological polar surface area (TPSA) is 91.4 Å². The highest BCUT2D eigenvalue weighted by Gasteiger charge is 2.21. The number of nitrogens with one attached hydrogen (secondary N) is 3. The van der Waals surface area contributed by atoms with Crippen LogP contribution in [0.25, 0.3) is 32.9 Å². The van der Waals surface area contributed by atoms with Crippen molar-refractivity contribution in [2.45, 2.75) is 13.5 Å². The van der Waals surface area contributed by atoms with Gasteiger partial charge >= 0.3 is 0 Å². The van der Waals surface area contributed by atoms with Crippen molar-refractivity contribution in [3.8, 4) is 11.1 Å². The van der Waals surface area contributed by atoms with Crippen molar-refractivity contribution in [1.29, 1.82) is 0 Å². The highest BCUT2D eigenvalue weighted by molar-refractivity contribution is 6.34. The van der Waals surface area contributed by atoms with Crippen molar-refractivity contribution < 1.29 is 9.18 Å². The summed E-state index contributed by atoms with van der Waals surface area (Å²) in [6, 6.07) is 11.4. The van der Waals surface area contributed by atoms with Crippen molar-refractivity contribution in [3.63, 3.8) is 0 Å². The second kappa shape index (κ2) is 7.00. The van der Waals surface area contributed by atoms with Crippen molar-refractivity contribution >= 4 is 45.0 Å². The number of carbonyl (C=O) groups is 1. The Morgan fingerprint density at radius 2 is 2.13 bits per heavy atom. The first-order chi connectivity index (χ1) is 14.6. The molecule has 150 valence electrons. The summed E-state index contributed by atoms with van der Waals surface area (Å²) in [5, 5.41) is 14.7. The summed E-state index contributed by atoms with van der Waals surface area (Å²) in [7, 11) is 0. The highest BCUT2D eigenvalue weighted by Crippen LogP contribution is 2.35. The van der Waals surface area contributed by atoms with Gasteiger partial charge < -0.3 is 10.3 Å². The minimum absolute atomic E-state index is 0.201. The molecule has 9 heteroatoms. The highest BCUT2D eigenvalue weighted by atomic mass is 35.5. The molecule has 0 saturated carbocycles. The van der Waals surface area contributed by atoms with E-state index >= 15 is 0 Å². The SMILES string of the molecule is CCn1ncc(Cl)c1C(=O)Nc1cc(-c2cccc3[nH]ccc23)cc2[nH]nc(F)c12. The zero-order valence-corrected chi connectivity index (χ0v) is 16.6. The van der Waals surface area contributed by atoms with Gasteiger partial charge in [-0.25, -0.2) is 0 Å². The second-order valence-corrected chi connectivity index (χ2v) is 7.22. The normalized spacial score (nSPS) is 11.4. The molecule has 2 aromatic carbocycles. The lowest BCUT2D eigenvalue weighted by Gasteiger charge is -2.11. The Labute approximate surface area is 174 Å². The molecule has 3 aromatic heterocycles. The van der Waals surface area contributed by atoms with Gasteiger partial charge in [-0.05, 0) is 42.3 Å². The van der Waals surface area contributed by atoms with E-state index in [-0.39, 0.29) is 16.1 Å². The molecule has 1 amide bonds. The van der Waals surface area contributed by atoms with Gasteiger partial charge in [-0.3, -0.25) is 14.6 Å². The maximum atomic E-state index is 14.4. The molecule has 0 saturated heterocycles. The van der Waals surface area contributed by atoms with Gasteiger partial charge in [-0.2, -0.15) is 9.49 Å². The molecule has 5 rings (SSSR count). The summed E-state index contributed by atoms with van der Waals surface area (Å²) in [5.41, 5.74) is 3.72. The van der Waals surface area contributed by atoms with E-state index in [9.17, 15) is 9.18 Å². The van der Waals surface area contributed by atoms with Crippen LogP contribution in [0, 0.1) is 5.95 Å². The van der Waals surface area contributed by atoms with Crippen LogP contribution in [-0.2, 0) is 6.54 Å². The summed E-state index contributed by atoms with van der Waals surface area (Å²) in [6.45, 7) is 2.33. The van der Waals surface area contributed by atoms with E-state index in [1.165, 1.54) is 10.9 Å². The van der Waals surface area contributed by atoms with Crippen LogP contribution in [0.4, 0.5) is 10.1 Å². The predicted molar refractivity (Wildman–Crippen MR) is 114 cm³/mol. The van der Waals surface area contributed by atoms with Gasteiger partial charge in [0.15, 0.2) is 0 Å². The average Bonchev–Trinajstić information content (AvgIpc) is 3.46. The molecular formula is C21H16ClFN6O. The smallest absolute Gasteiger partial charge is 0.275 e. The number of carbonyl (C=O) groups excluding carboxylic acids is 1. The first kappa shape index (κ1) is 18.4. The van der Waals surface area contributed by atoms with Gasteiger partial charge in [0, 0.05) is 23.6 Å². The zero-order valence-electron chi connectivity index (χ0n) is 15.8. The van der Waals surface area contributed by atoms with Gasteiger partial charge in [0.1, 0.15) is 5.69 Å². The number of hydrogen-bond acceptors (Lipinski definition) is 3. The van der Waals surface area contributed by atoms with Crippen LogP contribution in [-0.4, -0.2) is 30.9 Å². The van der Waals surface area contributed by atoms with E-state index in [1.54, 1.807) is 6.07 Å². The molecule has 0 spiro atoms. The van der Waals surface area contributed by atoms with Gasteiger partial charge in [-0.1, -0.05) is 23.7 Å². The van der Waals surface area contributed by atoms with E-state index in [0.717, 1.165) is 22.0 Å². The van der Waals surface area contributed by atoms with Crippen LogP contribution in [0.1, 0.15) is 17.4 Å². The van der Waals surface area contributed by atoms with Crippen LogP contribution in [0.2, 0.25) is 5.02 Å². The number of hydrogen-bond donors (Lipinski definition) is 3. The lowest BCUT2D eigenvalue weighted by Crippen LogP contribution is -2.18. The number of benzene rings is 2. The predicted octanol–water partition coefficient (Wildman–Crippen LogP) is 4.97. The van der Waals surface area contributed by atoms with Gasteiger partial charge in [0.25, 0.3) is 5.91 Å². The molecule has 0 unspecified atom stereocenters. The van der Waals surface area contributed by atoms with E-state index in [0.29, 0.717) is 17.7 Å². The molecule has 0 radical (unpaired) electrons. The summed E-state index contributed by atoms with van der Waals surface area (Å²) in [6.07, 6.45) is 3.27. The third-order valence-corrected chi connectivity index (χ3v) is 5.36. The number of nitrogens with zero attached hydrogens (tertiary/aromatic N) is 3. The fourth-order valence-electron chi connectivity index (χ4n) is 3.72. The molecule has 3 N–H and O–H groups in total. The number of amides is 1. The Balaban J connectivity index is 1.66. The number of H-pyrrole nitrogens is 2. The van der Waals surface area contributed by atoms with E-state index < -0.39 is 11.9 Å². The second-order valence-electron chi connectivity index (χ2n) is 6.82. The monoisotopic (exact) mass is 422 g/mol. The molecule has 0 aliphatic rings. The quantitative estimate of drug-likeness (QED) is 0.381. The number of anilines is 1. The summed E-state index contributed by atoms with van der Waals surface area (Å²) in [5.74, 6) is -1.17. The molecular weight excluding hydrogens is 407 g/mol. The number of fused-ring (bicyclic) bond motifs is 2. The first-order valence-electron chi connectivity index (χ1n) is 9.33. The fourth-order valence-corrected chi connectivity index (χ4v) is 3.95. The lowest BCUT2D eigenvalue weighted by atomic mass is 9.99. The van der Waals surface area contributed by atoms with Gasteiger partial charge in [0.05, 0.1) is 27.8 Å².